The summed E-state index contributed by atoms with van der Waals surface area (Å²) in [6.45, 7) is 3.68. The summed E-state index contributed by atoms with van der Waals surface area (Å²) in [4.78, 5) is 0. The molecular weight excluding hydrogens is 190 g/mol. The van der Waals surface area contributed by atoms with Crippen LogP contribution < -0.4 is 15.2 Å². The molecule has 0 heterocycles. The Hall–Kier alpha value is -1.48. The Morgan fingerprint density at radius 3 is 2.27 bits per heavy atom. The molecule has 0 amide bonds. The molecule has 3 heteroatoms. The van der Waals surface area contributed by atoms with Gasteiger partial charge in [-0.05, 0) is 18.6 Å². The van der Waals surface area contributed by atoms with Crippen molar-refractivity contribution in [2.75, 3.05) is 14.2 Å². The second kappa shape index (κ2) is 5.41. The molecule has 0 aromatic heterocycles. The molecule has 3 nitrogen and oxygen atoms in total. The minimum Gasteiger partial charge on any atom is -0.496 e. The van der Waals surface area contributed by atoms with E-state index >= 15 is 0 Å². The molecule has 1 aromatic rings. The monoisotopic (exact) mass is 207 g/mol. The van der Waals surface area contributed by atoms with E-state index in [0.29, 0.717) is 6.42 Å². The van der Waals surface area contributed by atoms with Crippen LogP contribution >= 0.6 is 0 Å². The van der Waals surface area contributed by atoms with Crippen LogP contribution in [-0.2, 0) is 0 Å². The van der Waals surface area contributed by atoms with Crippen molar-refractivity contribution in [1.82, 2.24) is 0 Å². The standard InChI is InChI=1S/C12H17NO2/c1-4-6-9(13)12-10(14-2)7-5-8-11(12)15-3/h4-5,7-9H,1,6,13H2,2-3H3. The van der Waals surface area contributed by atoms with E-state index in [-0.39, 0.29) is 6.04 Å². The van der Waals surface area contributed by atoms with E-state index in [4.69, 9.17) is 15.2 Å². The lowest BCUT2D eigenvalue weighted by Gasteiger charge is -2.17. The van der Waals surface area contributed by atoms with Crippen molar-refractivity contribution in [1.29, 1.82) is 0 Å². The first-order valence-corrected chi connectivity index (χ1v) is 4.82. The number of ether oxygens (including phenoxy) is 2. The number of hydrogen-bond acceptors (Lipinski definition) is 3. The first kappa shape index (κ1) is 11.6. The summed E-state index contributed by atoms with van der Waals surface area (Å²) in [5.74, 6) is 1.51. The number of rotatable bonds is 5. The Morgan fingerprint density at radius 1 is 1.33 bits per heavy atom. The lowest BCUT2D eigenvalue weighted by Crippen LogP contribution is -2.12. The highest BCUT2D eigenvalue weighted by atomic mass is 16.5. The van der Waals surface area contributed by atoms with Gasteiger partial charge in [0.2, 0.25) is 0 Å². The molecule has 1 aromatic carbocycles. The first-order chi connectivity index (χ1) is 7.24. The van der Waals surface area contributed by atoms with E-state index in [1.54, 1.807) is 20.3 Å². The largest absolute Gasteiger partial charge is 0.496 e. The Kier molecular flexibility index (Phi) is 4.18. The van der Waals surface area contributed by atoms with Gasteiger partial charge in [0, 0.05) is 6.04 Å². The van der Waals surface area contributed by atoms with Crippen molar-refractivity contribution in [2.45, 2.75) is 12.5 Å². The van der Waals surface area contributed by atoms with Crippen LogP contribution in [0.2, 0.25) is 0 Å². The molecule has 1 atom stereocenters. The quantitative estimate of drug-likeness (QED) is 0.753. The number of methoxy groups -OCH3 is 2. The summed E-state index contributed by atoms with van der Waals surface area (Å²) in [7, 11) is 3.25. The average Bonchev–Trinajstić information content (AvgIpc) is 2.28. The van der Waals surface area contributed by atoms with Crippen molar-refractivity contribution in [3.05, 3.63) is 36.4 Å². The molecule has 2 N–H and O–H groups in total. The van der Waals surface area contributed by atoms with Gasteiger partial charge in [0.15, 0.2) is 0 Å². The van der Waals surface area contributed by atoms with Crippen LogP contribution in [-0.4, -0.2) is 14.2 Å². The molecule has 1 unspecified atom stereocenters. The van der Waals surface area contributed by atoms with Gasteiger partial charge in [0.1, 0.15) is 11.5 Å². The predicted octanol–water partition coefficient (Wildman–Crippen LogP) is 2.28. The highest BCUT2D eigenvalue weighted by Gasteiger charge is 2.15. The molecule has 0 fully saturated rings. The summed E-state index contributed by atoms with van der Waals surface area (Å²) >= 11 is 0. The fourth-order valence-electron chi connectivity index (χ4n) is 1.54. The van der Waals surface area contributed by atoms with Crippen LogP contribution in [0, 0.1) is 0 Å². The molecule has 1 rings (SSSR count). The zero-order valence-corrected chi connectivity index (χ0v) is 9.19. The molecule has 0 aliphatic rings. The summed E-state index contributed by atoms with van der Waals surface area (Å²) in [6, 6.07) is 5.48. The Balaban J connectivity index is 3.14. The first-order valence-electron chi connectivity index (χ1n) is 4.82. The van der Waals surface area contributed by atoms with Crippen molar-refractivity contribution >= 4 is 0 Å². The van der Waals surface area contributed by atoms with Gasteiger partial charge >= 0.3 is 0 Å². The van der Waals surface area contributed by atoms with Gasteiger partial charge in [-0.3, -0.25) is 0 Å². The number of hydrogen-bond donors (Lipinski definition) is 1. The lowest BCUT2D eigenvalue weighted by molar-refractivity contribution is 0.379. The van der Waals surface area contributed by atoms with E-state index < -0.39 is 0 Å². The zero-order chi connectivity index (χ0) is 11.3. The Labute approximate surface area is 90.5 Å². The van der Waals surface area contributed by atoms with Gasteiger partial charge in [-0.1, -0.05) is 12.1 Å². The Bertz CT molecular complexity index is 314. The second-order valence-electron chi connectivity index (χ2n) is 3.21. The van der Waals surface area contributed by atoms with Gasteiger partial charge in [0.05, 0.1) is 19.8 Å². The SMILES string of the molecule is C=CCC(N)c1c(OC)cccc1OC. The molecule has 0 saturated heterocycles. The molecule has 0 aliphatic carbocycles. The summed E-state index contributed by atoms with van der Waals surface area (Å²) < 4.78 is 10.5. The summed E-state index contributed by atoms with van der Waals surface area (Å²) in [5, 5.41) is 0. The van der Waals surface area contributed by atoms with E-state index in [1.165, 1.54) is 0 Å². The minimum atomic E-state index is -0.145. The zero-order valence-electron chi connectivity index (χ0n) is 9.19. The minimum absolute atomic E-state index is 0.145. The van der Waals surface area contributed by atoms with Gasteiger partial charge in [-0.15, -0.1) is 6.58 Å². The predicted molar refractivity (Wildman–Crippen MR) is 61.3 cm³/mol. The maximum Gasteiger partial charge on any atom is 0.127 e. The van der Waals surface area contributed by atoms with Crippen LogP contribution in [0.5, 0.6) is 11.5 Å². The topological polar surface area (TPSA) is 44.5 Å². The van der Waals surface area contributed by atoms with Crippen LogP contribution in [0.25, 0.3) is 0 Å². The third-order valence-electron chi connectivity index (χ3n) is 2.26. The summed E-state index contributed by atoms with van der Waals surface area (Å²) in [6.07, 6.45) is 2.48. The van der Waals surface area contributed by atoms with Crippen molar-refractivity contribution in [2.24, 2.45) is 5.73 Å². The average molecular weight is 207 g/mol. The van der Waals surface area contributed by atoms with Crippen molar-refractivity contribution in [3.8, 4) is 11.5 Å². The fourth-order valence-corrected chi connectivity index (χ4v) is 1.54. The maximum atomic E-state index is 6.03. The molecule has 0 spiro atoms. The smallest absolute Gasteiger partial charge is 0.127 e. The van der Waals surface area contributed by atoms with Crippen LogP contribution in [0.15, 0.2) is 30.9 Å². The normalized spacial score (nSPS) is 11.9. The van der Waals surface area contributed by atoms with Gasteiger partial charge in [-0.25, -0.2) is 0 Å². The highest BCUT2D eigenvalue weighted by Crippen LogP contribution is 2.34. The van der Waals surface area contributed by atoms with Crippen LogP contribution in [0.1, 0.15) is 18.0 Å². The maximum absolute atomic E-state index is 6.03. The molecule has 0 aliphatic heterocycles. The van der Waals surface area contributed by atoms with Gasteiger partial charge in [0.25, 0.3) is 0 Å². The molecule has 0 saturated carbocycles. The van der Waals surface area contributed by atoms with E-state index in [9.17, 15) is 0 Å². The van der Waals surface area contributed by atoms with Crippen LogP contribution in [0.3, 0.4) is 0 Å². The van der Waals surface area contributed by atoms with Crippen LogP contribution in [0.4, 0.5) is 0 Å². The number of benzene rings is 1. The lowest BCUT2D eigenvalue weighted by atomic mass is 10.0. The van der Waals surface area contributed by atoms with E-state index in [2.05, 4.69) is 6.58 Å². The van der Waals surface area contributed by atoms with Gasteiger partial charge < -0.3 is 15.2 Å². The molecule has 0 bridgehead atoms. The van der Waals surface area contributed by atoms with Gasteiger partial charge in [-0.2, -0.15) is 0 Å². The third kappa shape index (κ3) is 2.50. The number of nitrogens with two attached hydrogens (primary N) is 1. The molecular formula is C12H17NO2. The Morgan fingerprint density at radius 2 is 1.87 bits per heavy atom. The summed E-state index contributed by atoms with van der Waals surface area (Å²) in [5.41, 5.74) is 6.92. The molecule has 15 heavy (non-hydrogen) atoms. The highest BCUT2D eigenvalue weighted by molar-refractivity contribution is 5.47. The second-order valence-corrected chi connectivity index (χ2v) is 3.21. The molecule has 0 radical (unpaired) electrons. The van der Waals surface area contributed by atoms with E-state index in [1.807, 2.05) is 18.2 Å². The molecule has 82 valence electrons. The van der Waals surface area contributed by atoms with Crippen molar-refractivity contribution in [3.63, 3.8) is 0 Å². The fraction of sp³-hybridized carbons (Fsp3) is 0.333. The van der Waals surface area contributed by atoms with Crippen molar-refractivity contribution < 1.29 is 9.47 Å². The van der Waals surface area contributed by atoms with E-state index in [0.717, 1.165) is 17.1 Å². The third-order valence-corrected chi connectivity index (χ3v) is 2.26.